The third kappa shape index (κ3) is 5.71. The van der Waals surface area contributed by atoms with Gasteiger partial charge in [0.2, 0.25) is 5.91 Å². The van der Waals surface area contributed by atoms with Crippen LogP contribution in [0.5, 0.6) is 11.5 Å². The molecule has 0 aromatic heterocycles. The molecule has 8 heteroatoms. The minimum absolute atomic E-state index is 0. The standard InChI is InChI=1S/C17H24F2N2O3.ClH/c1-4-23-14-7-6-12(8-15(14)24-5-2)11(3)21-16(22)13-9-17(18,19)10-20-13;/h6-8,11,13,20H,4-5,9-10H2,1-3H3,(H,21,22);1H. The van der Waals surface area contributed by atoms with E-state index in [1.165, 1.54) is 0 Å². The van der Waals surface area contributed by atoms with Gasteiger partial charge in [-0.1, -0.05) is 6.07 Å². The second-order valence-corrected chi connectivity index (χ2v) is 5.80. The molecule has 1 aliphatic heterocycles. The Morgan fingerprint density at radius 3 is 2.52 bits per heavy atom. The van der Waals surface area contributed by atoms with Crippen LogP contribution in [0.1, 0.15) is 38.8 Å². The Morgan fingerprint density at radius 1 is 1.32 bits per heavy atom. The molecular weight excluding hydrogens is 354 g/mol. The first-order chi connectivity index (χ1) is 11.4. The van der Waals surface area contributed by atoms with Crippen LogP contribution in [-0.4, -0.2) is 37.6 Å². The summed E-state index contributed by atoms with van der Waals surface area (Å²) in [4.78, 5) is 12.1. The summed E-state index contributed by atoms with van der Waals surface area (Å²) in [5.41, 5.74) is 0.819. The Bertz CT molecular complexity index is 587. The molecule has 0 aliphatic carbocycles. The second kappa shape index (κ2) is 9.20. The number of carbonyl (C=O) groups is 1. The van der Waals surface area contributed by atoms with Crippen molar-refractivity contribution in [2.24, 2.45) is 0 Å². The van der Waals surface area contributed by atoms with Gasteiger partial charge in [-0.05, 0) is 38.5 Å². The van der Waals surface area contributed by atoms with Gasteiger partial charge in [0.1, 0.15) is 0 Å². The number of rotatable bonds is 7. The number of benzene rings is 1. The van der Waals surface area contributed by atoms with Gasteiger partial charge < -0.3 is 14.8 Å². The highest BCUT2D eigenvalue weighted by molar-refractivity contribution is 5.85. The van der Waals surface area contributed by atoms with Crippen LogP contribution >= 0.6 is 12.4 Å². The van der Waals surface area contributed by atoms with E-state index < -0.39 is 30.8 Å². The number of halogens is 3. The predicted octanol–water partition coefficient (Wildman–Crippen LogP) is 3.08. The summed E-state index contributed by atoms with van der Waals surface area (Å²) in [5, 5.41) is 5.32. The fourth-order valence-corrected chi connectivity index (χ4v) is 2.64. The lowest BCUT2D eigenvalue weighted by Gasteiger charge is -2.19. The van der Waals surface area contributed by atoms with Crippen molar-refractivity contribution in [1.29, 1.82) is 0 Å². The van der Waals surface area contributed by atoms with Gasteiger partial charge in [0.05, 0.1) is 31.8 Å². The zero-order chi connectivity index (χ0) is 17.7. The van der Waals surface area contributed by atoms with Crippen LogP contribution < -0.4 is 20.1 Å². The zero-order valence-corrected chi connectivity index (χ0v) is 15.4. The summed E-state index contributed by atoms with van der Waals surface area (Å²) >= 11 is 0. The molecule has 1 aromatic rings. The summed E-state index contributed by atoms with van der Waals surface area (Å²) in [6.07, 6.45) is -0.473. The Labute approximate surface area is 152 Å². The molecule has 1 aromatic carbocycles. The molecule has 0 bridgehead atoms. The molecule has 1 saturated heterocycles. The highest BCUT2D eigenvalue weighted by Crippen LogP contribution is 2.31. The molecule has 2 atom stereocenters. The van der Waals surface area contributed by atoms with E-state index in [-0.39, 0.29) is 18.4 Å². The quantitative estimate of drug-likeness (QED) is 0.765. The third-order valence-electron chi connectivity index (χ3n) is 3.85. The molecule has 5 nitrogen and oxygen atoms in total. The number of nitrogens with one attached hydrogen (secondary N) is 2. The third-order valence-corrected chi connectivity index (χ3v) is 3.85. The Morgan fingerprint density at radius 2 is 1.96 bits per heavy atom. The maximum atomic E-state index is 13.2. The van der Waals surface area contributed by atoms with E-state index in [4.69, 9.17) is 9.47 Å². The van der Waals surface area contributed by atoms with E-state index in [0.717, 1.165) is 5.56 Å². The summed E-state index contributed by atoms with van der Waals surface area (Å²) in [7, 11) is 0. The lowest BCUT2D eigenvalue weighted by Crippen LogP contribution is -2.41. The largest absolute Gasteiger partial charge is 0.490 e. The molecule has 1 amide bonds. The fraction of sp³-hybridized carbons (Fsp3) is 0.588. The zero-order valence-electron chi connectivity index (χ0n) is 14.6. The maximum absolute atomic E-state index is 13.2. The summed E-state index contributed by atoms with van der Waals surface area (Å²) in [5.74, 6) is -2.01. The maximum Gasteiger partial charge on any atom is 0.262 e. The first-order valence-electron chi connectivity index (χ1n) is 8.17. The van der Waals surface area contributed by atoms with E-state index in [9.17, 15) is 13.6 Å². The van der Waals surface area contributed by atoms with Crippen molar-refractivity contribution >= 4 is 18.3 Å². The Hall–Kier alpha value is -1.60. The molecule has 2 unspecified atom stereocenters. The van der Waals surface area contributed by atoms with Crippen LogP contribution in [0.15, 0.2) is 18.2 Å². The molecule has 1 aliphatic rings. The number of ether oxygens (including phenoxy) is 2. The lowest BCUT2D eigenvalue weighted by atomic mass is 10.1. The van der Waals surface area contributed by atoms with Crippen LogP contribution in [0.4, 0.5) is 8.78 Å². The number of alkyl halides is 2. The molecule has 142 valence electrons. The summed E-state index contributed by atoms with van der Waals surface area (Å²) < 4.78 is 37.5. The molecule has 1 fully saturated rings. The van der Waals surface area contributed by atoms with Gasteiger partial charge in [-0.15, -0.1) is 12.4 Å². The first-order valence-corrected chi connectivity index (χ1v) is 8.17. The highest BCUT2D eigenvalue weighted by atomic mass is 35.5. The van der Waals surface area contributed by atoms with Crippen molar-refractivity contribution in [3.05, 3.63) is 23.8 Å². The van der Waals surface area contributed by atoms with Gasteiger partial charge in [-0.3, -0.25) is 10.1 Å². The molecule has 2 rings (SSSR count). The molecule has 0 saturated carbocycles. The van der Waals surface area contributed by atoms with Crippen LogP contribution in [-0.2, 0) is 4.79 Å². The normalized spacial score (nSPS) is 19.6. The van der Waals surface area contributed by atoms with Crippen molar-refractivity contribution in [2.75, 3.05) is 19.8 Å². The van der Waals surface area contributed by atoms with E-state index in [1.54, 1.807) is 19.1 Å². The van der Waals surface area contributed by atoms with Gasteiger partial charge in [0, 0.05) is 6.42 Å². The molecule has 25 heavy (non-hydrogen) atoms. The molecule has 2 N–H and O–H groups in total. The Kier molecular flexibility index (Phi) is 7.89. The summed E-state index contributed by atoms with van der Waals surface area (Å²) in [6.45, 7) is 6.11. The number of carbonyl (C=O) groups excluding carboxylic acids is 1. The van der Waals surface area contributed by atoms with Crippen molar-refractivity contribution in [3.8, 4) is 11.5 Å². The second-order valence-electron chi connectivity index (χ2n) is 5.80. The average Bonchev–Trinajstić information content (AvgIpc) is 2.89. The number of hydrogen-bond acceptors (Lipinski definition) is 4. The van der Waals surface area contributed by atoms with E-state index in [0.29, 0.717) is 24.7 Å². The van der Waals surface area contributed by atoms with Gasteiger partial charge in [-0.25, -0.2) is 8.78 Å². The monoisotopic (exact) mass is 378 g/mol. The molecule has 0 spiro atoms. The first kappa shape index (κ1) is 21.4. The van der Waals surface area contributed by atoms with Gasteiger partial charge >= 0.3 is 0 Å². The van der Waals surface area contributed by atoms with E-state index in [1.807, 2.05) is 19.9 Å². The summed E-state index contributed by atoms with van der Waals surface area (Å²) in [6, 6.07) is 4.22. The topological polar surface area (TPSA) is 59.6 Å². The van der Waals surface area contributed by atoms with Crippen LogP contribution in [0, 0.1) is 0 Å². The van der Waals surface area contributed by atoms with Crippen LogP contribution in [0.2, 0.25) is 0 Å². The van der Waals surface area contributed by atoms with Crippen LogP contribution in [0.3, 0.4) is 0 Å². The molecular formula is C17H25ClF2N2O3. The minimum atomic E-state index is -2.83. The van der Waals surface area contributed by atoms with Gasteiger partial charge in [0.25, 0.3) is 5.92 Å². The van der Waals surface area contributed by atoms with Crippen molar-refractivity contribution < 1.29 is 23.0 Å². The predicted molar refractivity (Wildman–Crippen MR) is 93.9 cm³/mol. The number of amides is 1. The van der Waals surface area contributed by atoms with Gasteiger partial charge in [0.15, 0.2) is 11.5 Å². The van der Waals surface area contributed by atoms with E-state index >= 15 is 0 Å². The fourth-order valence-electron chi connectivity index (χ4n) is 2.64. The van der Waals surface area contributed by atoms with Crippen LogP contribution in [0.25, 0.3) is 0 Å². The lowest BCUT2D eigenvalue weighted by molar-refractivity contribution is -0.124. The SMILES string of the molecule is CCOc1ccc(C(C)NC(=O)C2CC(F)(F)CN2)cc1OCC.Cl. The smallest absolute Gasteiger partial charge is 0.262 e. The average molecular weight is 379 g/mol. The number of hydrogen-bond donors (Lipinski definition) is 2. The Balaban J connectivity index is 0.00000312. The van der Waals surface area contributed by atoms with Crippen molar-refractivity contribution in [3.63, 3.8) is 0 Å². The van der Waals surface area contributed by atoms with Crippen molar-refractivity contribution in [1.82, 2.24) is 10.6 Å². The highest BCUT2D eigenvalue weighted by Gasteiger charge is 2.42. The van der Waals surface area contributed by atoms with Crippen molar-refractivity contribution in [2.45, 2.75) is 45.2 Å². The van der Waals surface area contributed by atoms with Gasteiger partial charge in [-0.2, -0.15) is 0 Å². The minimum Gasteiger partial charge on any atom is -0.490 e. The molecule has 0 radical (unpaired) electrons. The molecule has 1 heterocycles. The van der Waals surface area contributed by atoms with E-state index in [2.05, 4.69) is 10.6 Å².